The molecule has 0 aliphatic carbocycles. The quantitative estimate of drug-likeness (QED) is 0.654. The molecule has 3 nitrogen and oxygen atoms in total. The van der Waals surface area contributed by atoms with Crippen LogP contribution in [0.2, 0.25) is 0 Å². The minimum Gasteiger partial charge on any atom is -0.374 e. The highest BCUT2D eigenvalue weighted by molar-refractivity contribution is 5.16. The van der Waals surface area contributed by atoms with Crippen molar-refractivity contribution in [2.75, 3.05) is 20.3 Å². The Hall–Kier alpha value is -0.930. The molecule has 0 aromatic carbocycles. The third kappa shape index (κ3) is 1.02. The van der Waals surface area contributed by atoms with E-state index in [0.717, 1.165) is 5.69 Å². The Labute approximate surface area is 71.3 Å². The van der Waals surface area contributed by atoms with Gasteiger partial charge in [0.25, 0.3) is 0 Å². The van der Waals surface area contributed by atoms with Gasteiger partial charge in [-0.25, -0.2) is 0 Å². The van der Waals surface area contributed by atoms with Crippen LogP contribution in [0.25, 0.3) is 0 Å². The third-order valence-corrected chi connectivity index (χ3v) is 2.19. The third-order valence-electron chi connectivity index (χ3n) is 2.19. The zero-order chi connectivity index (χ0) is 8.44. The van der Waals surface area contributed by atoms with Crippen molar-refractivity contribution in [3.05, 3.63) is 30.1 Å². The van der Waals surface area contributed by atoms with E-state index in [4.69, 9.17) is 9.47 Å². The lowest BCUT2D eigenvalue weighted by molar-refractivity contribution is -0.204. The van der Waals surface area contributed by atoms with Crippen molar-refractivity contribution < 1.29 is 9.47 Å². The van der Waals surface area contributed by atoms with E-state index < -0.39 is 0 Å². The maximum absolute atomic E-state index is 5.37. The summed E-state index contributed by atoms with van der Waals surface area (Å²) in [5, 5.41) is 0. The van der Waals surface area contributed by atoms with Crippen LogP contribution in [0.4, 0.5) is 0 Å². The predicted molar refractivity (Wildman–Crippen MR) is 43.7 cm³/mol. The minimum atomic E-state index is -0.277. The Bertz CT molecular complexity index is 251. The molecule has 0 N–H and O–H groups in total. The second-order valence-electron chi connectivity index (χ2n) is 2.91. The number of nitrogens with zero attached hydrogens (tertiary/aromatic N) is 1. The van der Waals surface area contributed by atoms with Crippen molar-refractivity contribution in [2.24, 2.45) is 0 Å². The fourth-order valence-corrected chi connectivity index (χ4v) is 1.29. The van der Waals surface area contributed by atoms with Crippen LogP contribution in [0.3, 0.4) is 0 Å². The van der Waals surface area contributed by atoms with Crippen LogP contribution in [-0.4, -0.2) is 25.3 Å². The normalized spacial score (nSPS) is 20.1. The van der Waals surface area contributed by atoms with Gasteiger partial charge in [0.05, 0.1) is 18.9 Å². The lowest BCUT2D eigenvalue weighted by atomic mass is 9.97. The Morgan fingerprint density at radius 2 is 2.33 bits per heavy atom. The number of methoxy groups -OCH3 is 1. The lowest BCUT2D eigenvalue weighted by Crippen LogP contribution is -2.48. The molecule has 0 amide bonds. The summed E-state index contributed by atoms with van der Waals surface area (Å²) in [4.78, 5) is 4.24. The largest absolute Gasteiger partial charge is 0.374 e. The molecule has 0 atom stereocenters. The molecule has 1 aromatic heterocycles. The van der Waals surface area contributed by atoms with Crippen LogP contribution < -0.4 is 0 Å². The molecule has 64 valence electrons. The first-order chi connectivity index (χ1) is 5.87. The van der Waals surface area contributed by atoms with Gasteiger partial charge in [0, 0.05) is 13.3 Å². The molecule has 12 heavy (non-hydrogen) atoms. The van der Waals surface area contributed by atoms with Gasteiger partial charge in [-0.05, 0) is 12.1 Å². The summed E-state index contributed by atoms with van der Waals surface area (Å²) in [6, 6.07) is 5.82. The van der Waals surface area contributed by atoms with Gasteiger partial charge in [0.15, 0.2) is 5.60 Å². The Morgan fingerprint density at radius 1 is 1.50 bits per heavy atom. The summed E-state index contributed by atoms with van der Waals surface area (Å²) in [5.74, 6) is 0. The molecule has 0 bridgehead atoms. The first-order valence-electron chi connectivity index (χ1n) is 3.92. The predicted octanol–water partition coefficient (Wildman–Crippen LogP) is 0.954. The average Bonchev–Trinajstić information content (AvgIpc) is 2.05. The highest BCUT2D eigenvalue weighted by atomic mass is 16.6. The highest BCUT2D eigenvalue weighted by Gasteiger charge is 2.41. The molecule has 0 spiro atoms. The highest BCUT2D eigenvalue weighted by Crippen LogP contribution is 2.30. The van der Waals surface area contributed by atoms with E-state index in [1.165, 1.54) is 0 Å². The molecule has 2 rings (SSSR count). The summed E-state index contributed by atoms with van der Waals surface area (Å²) < 4.78 is 10.5. The monoisotopic (exact) mass is 165 g/mol. The minimum absolute atomic E-state index is 0.277. The van der Waals surface area contributed by atoms with Gasteiger partial charge >= 0.3 is 0 Å². The second-order valence-corrected chi connectivity index (χ2v) is 2.91. The van der Waals surface area contributed by atoms with Crippen molar-refractivity contribution in [1.29, 1.82) is 0 Å². The molecular formula is C9H11NO2. The van der Waals surface area contributed by atoms with Gasteiger partial charge in [-0.15, -0.1) is 0 Å². The van der Waals surface area contributed by atoms with Crippen LogP contribution in [0, 0.1) is 0 Å². The van der Waals surface area contributed by atoms with E-state index in [2.05, 4.69) is 4.98 Å². The van der Waals surface area contributed by atoms with Gasteiger partial charge in [-0.2, -0.15) is 0 Å². The molecular weight excluding hydrogens is 154 g/mol. The van der Waals surface area contributed by atoms with E-state index in [1.807, 2.05) is 18.2 Å². The molecule has 1 saturated heterocycles. The molecule has 1 fully saturated rings. The van der Waals surface area contributed by atoms with Crippen molar-refractivity contribution in [1.82, 2.24) is 4.98 Å². The molecule has 0 saturated carbocycles. The summed E-state index contributed by atoms with van der Waals surface area (Å²) in [7, 11) is 1.69. The fourth-order valence-electron chi connectivity index (χ4n) is 1.29. The maximum atomic E-state index is 5.37. The Morgan fingerprint density at radius 3 is 2.75 bits per heavy atom. The second kappa shape index (κ2) is 2.84. The van der Waals surface area contributed by atoms with E-state index in [9.17, 15) is 0 Å². The maximum Gasteiger partial charge on any atom is 0.156 e. The van der Waals surface area contributed by atoms with Crippen LogP contribution in [0.1, 0.15) is 5.69 Å². The van der Waals surface area contributed by atoms with Gasteiger partial charge in [0.2, 0.25) is 0 Å². The van der Waals surface area contributed by atoms with Crippen molar-refractivity contribution in [3.63, 3.8) is 0 Å². The molecule has 1 aliphatic rings. The average molecular weight is 165 g/mol. The SMILES string of the molecule is COC1(c2ccccn2)COC1. The van der Waals surface area contributed by atoms with Crippen molar-refractivity contribution in [2.45, 2.75) is 5.60 Å². The van der Waals surface area contributed by atoms with E-state index in [-0.39, 0.29) is 5.60 Å². The Balaban J connectivity index is 2.28. The Kier molecular flexibility index (Phi) is 1.83. The zero-order valence-electron chi connectivity index (χ0n) is 6.99. The number of hydrogen-bond acceptors (Lipinski definition) is 3. The van der Waals surface area contributed by atoms with Gasteiger partial charge < -0.3 is 9.47 Å². The topological polar surface area (TPSA) is 31.4 Å². The van der Waals surface area contributed by atoms with Gasteiger partial charge in [0.1, 0.15) is 0 Å². The smallest absolute Gasteiger partial charge is 0.156 e. The fraction of sp³-hybridized carbons (Fsp3) is 0.444. The summed E-state index contributed by atoms with van der Waals surface area (Å²) in [6.45, 7) is 1.22. The van der Waals surface area contributed by atoms with Gasteiger partial charge in [-0.1, -0.05) is 6.07 Å². The van der Waals surface area contributed by atoms with E-state index in [1.54, 1.807) is 13.3 Å². The number of aromatic nitrogens is 1. The van der Waals surface area contributed by atoms with Gasteiger partial charge in [-0.3, -0.25) is 4.98 Å². The zero-order valence-corrected chi connectivity index (χ0v) is 6.99. The molecule has 1 aliphatic heterocycles. The molecule has 2 heterocycles. The number of rotatable bonds is 2. The van der Waals surface area contributed by atoms with E-state index in [0.29, 0.717) is 13.2 Å². The number of hydrogen-bond donors (Lipinski definition) is 0. The standard InChI is InChI=1S/C9H11NO2/c1-11-9(6-12-7-9)8-4-2-3-5-10-8/h2-5H,6-7H2,1H3. The number of pyridine rings is 1. The molecule has 0 unspecified atom stereocenters. The van der Waals surface area contributed by atoms with Crippen LogP contribution in [-0.2, 0) is 15.1 Å². The van der Waals surface area contributed by atoms with Crippen LogP contribution in [0.5, 0.6) is 0 Å². The first-order valence-corrected chi connectivity index (χ1v) is 3.92. The summed E-state index contributed by atoms with van der Waals surface area (Å²) >= 11 is 0. The van der Waals surface area contributed by atoms with Crippen LogP contribution in [0.15, 0.2) is 24.4 Å². The lowest BCUT2D eigenvalue weighted by Gasteiger charge is -2.39. The number of ether oxygens (including phenoxy) is 2. The molecule has 0 radical (unpaired) electrons. The molecule has 3 heteroatoms. The summed E-state index contributed by atoms with van der Waals surface area (Å²) in [5.41, 5.74) is 0.681. The van der Waals surface area contributed by atoms with Crippen LogP contribution >= 0.6 is 0 Å². The van der Waals surface area contributed by atoms with E-state index >= 15 is 0 Å². The summed E-state index contributed by atoms with van der Waals surface area (Å²) in [6.07, 6.45) is 1.77. The van der Waals surface area contributed by atoms with Crippen molar-refractivity contribution in [3.8, 4) is 0 Å². The molecule has 1 aromatic rings. The van der Waals surface area contributed by atoms with Crippen molar-refractivity contribution >= 4 is 0 Å². The first kappa shape index (κ1) is 7.71.